The van der Waals surface area contributed by atoms with E-state index < -0.39 is 0 Å². The highest BCUT2D eigenvalue weighted by atomic mass is 14.7. The number of benzene rings is 2. The number of hydrogen-bond donors (Lipinski definition) is 1. The monoisotopic (exact) mass is 276 g/mol. The van der Waals surface area contributed by atoms with Crippen LogP contribution >= 0.6 is 0 Å². The van der Waals surface area contributed by atoms with Crippen LogP contribution in [0, 0.1) is 0 Å². The molecule has 0 bridgehead atoms. The third-order valence-corrected chi connectivity index (χ3v) is 3.78. The van der Waals surface area contributed by atoms with E-state index in [0.29, 0.717) is 0 Å². The second-order valence-corrected chi connectivity index (χ2v) is 6.44. The number of nitrogen functional groups attached to an aromatic ring is 1. The van der Waals surface area contributed by atoms with Gasteiger partial charge in [-0.3, -0.25) is 0 Å². The molecule has 0 atom stereocenters. The Morgan fingerprint density at radius 2 is 1.62 bits per heavy atom. The number of pyridine rings is 1. The van der Waals surface area contributed by atoms with Crippen molar-refractivity contribution in [3.8, 4) is 11.3 Å². The van der Waals surface area contributed by atoms with E-state index in [0.717, 1.165) is 27.8 Å². The summed E-state index contributed by atoms with van der Waals surface area (Å²) in [5, 5.41) is 1.03. The molecule has 21 heavy (non-hydrogen) atoms. The van der Waals surface area contributed by atoms with Gasteiger partial charge in [-0.05, 0) is 29.2 Å². The lowest BCUT2D eigenvalue weighted by molar-refractivity contribution is 0.591. The minimum absolute atomic E-state index is 0.110. The van der Waals surface area contributed by atoms with Crippen molar-refractivity contribution in [3.63, 3.8) is 0 Å². The zero-order chi connectivity index (χ0) is 15.0. The van der Waals surface area contributed by atoms with Gasteiger partial charge in [0.1, 0.15) is 0 Å². The molecule has 3 rings (SSSR count). The number of hydrogen-bond acceptors (Lipinski definition) is 2. The van der Waals surface area contributed by atoms with Gasteiger partial charge in [-0.25, -0.2) is 4.98 Å². The summed E-state index contributed by atoms with van der Waals surface area (Å²) in [6.45, 7) is 6.61. The van der Waals surface area contributed by atoms with Crippen molar-refractivity contribution >= 4 is 16.6 Å². The summed E-state index contributed by atoms with van der Waals surface area (Å²) in [7, 11) is 0. The topological polar surface area (TPSA) is 38.9 Å². The molecular weight excluding hydrogens is 256 g/mol. The van der Waals surface area contributed by atoms with Gasteiger partial charge in [-0.2, -0.15) is 0 Å². The fraction of sp³-hybridized carbons (Fsp3) is 0.211. The highest BCUT2D eigenvalue weighted by Gasteiger charge is 2.15. The van der Waals surface area contributed by atoms with Gasteiger partial charge in [-0.1, -0.05) is 57.2 Å². The first-order valence-corrected chi connectivity index (χ1v) is 7.21. The Bertz CT molecular complexity index is 784. The number of fused-ring (bicyclic) bond motifs is 1. The molecule has 2 heteroatoms. The summed E-state index contributed by atoms with van der Waals surface area (Å²) in [5.41, 5.74) is 11.4. The molecule has 0 amide bonds. The summed E-state index contributed by atoms with van der Waals surface area (Å²) in [6, 6.07) is 18.5. The minimum atomic E-state index is 0.110. The van der Waals surface area contributed by atoms with E-state index in [1.807, 2.05) is 24.3 Å². The normalized spacial score (nSPS) is 11.8. The Kier molecular flexibility index (Phi) is 3.17. The van der Waals surface area contributed by atoms with Gasteiger partial charge in [0.05, 0.1) is 11.2 Å². The molecule has 0 aliphatic carbocycles. The number of nitrogens with zero attached hydrogens (tertiary/aromatic N) is 1. The predicted molar refractivity (Wildman–Crippen MR) is 90.3 cm³/mol. The van der Waals surface area contributed by atoms with Crippen LogP contribution < -0.4 is 5.73 Å². The van der Waals surface area contributed by atoms with E-state index in [4.69, 9.17) is 10.7 Å². The summed E-state index contributed by atoms with van der Waals surface area (Å²) in [6.07, 6.45) is 0. The molecular formula is C19H20N2. The van der Waals surface area contributed by atoms with Crippen LogP contribution in [-0.4, -0.2) is 4.98 Å². The lowest BCUT2D eigenvalue weighted by atomic mass is 9.86. The molecule has 2 aromatic carbocycles. The Morgan fingerprint density at radius 1 is 0.905 bits per heavy atom. The Hall–Kier alpha value is -2.35. The van der Waals surface area contributed by atoms with Crippen LogP contribution in [-0.2, 0) is 5.41 Å². The Morgan fingerprint density at radius 3 is 2.29 bits per heavy atom. The Labute approximate surface area is 125 Å². The molecule has 0 unspecified atom stereocenters. The molecule has 2 N–H and O–H groups in total. The van der Waals surface area contributed by atoms with Gasteiger partial charge in [-0.15, -0.1) is 0 Å². The van der Waals surface area contributed by atoms with Gasteiger partial charge in [0, 0.05) is 16.6 Å². The third-order valence-electron chi connectivity index (χ3n) is 3.78. The number of anilines is 1. The molecule has 0 spiro atoms. The van der Waals surface area contributed by atoms with Crippen LogP contribution in [0.5, 0.6) is 0 Å². The maximum Gasteiger partial charge on any atom is 0.0730 e. The average Bonchev–Trinajstić information content (AvgIpc) is 2.47. The van der Waals surface area contributed by atoms with Gasteiger partial charge in [0.25, 0.3) is 0 Å². The standard InChI is InChI=1S/C19H20N2/c1-19(2,3)14-9-10-17-15(11-14)16(20)12-18(21-17)13-7-5-4-6-8-13/h4-12H,1-3H3,(H2,20,21). The zero-order valence-corrected chi connectivity index (χ0v) is 12.7. The first-order valence-electron chi connectivity index (χ1n) is 7.21. The van der Waals surface area contributed by atoms with Crippen molar-refractivity contribution in [3.05, 3.63) is 60.2 Å². The molecule has 0 aliphatic rings. The van der Waals surface area contributed by atoms with Gasteiger partial charge in [0.2, 0.25) is 0 Å². The van der Waals surface area contributed by atoms with E-state index in [9.17, 15) is 0 Å². The summed E-state index contributed by atoms with van der Waals surface area (Å²) < 4.78 is 0. The molecule has 0 saturated carbocycles. The molecule has 0 fully saturated rings. The van der Waals surface area contributed by atoms with Crippen LogP contribution in [0.3, 0.4) is 0 Å². The fourth-order valence-corrected chi connectivity index (χ4v) is 2.48. The largest absolute Gasteiger partial charge is 0.398 e. The first-order chi connectivity index (χ1) is 9.95. The van der Waals surface area contributed by atoms with Crippen LogP contribution in [0.1, 0.15) is 26.3 Å². The van der Waals surface area contributed by atoms with Gasteiger partial charge in [0.15, 0.2) is 0 Å². The highest BCUT2D eigenvalue weighted by molar-refractivity contribution is 5.93. The van der Waals surface area contributed by atoms with Crippen LogP contribution in [0.25, 0.3) is 22.2 Å². The second-order valence-electron chi connectivity index (χ2n) is 6.44. The van der Waals surface area contributed by atoms with Gasteiger partial charge >= 0.3 is 0 Å². The SMILES string of the molecule is CC(C)(C)c1ccc2nc(-c3ccccc3)cc(N)c2c1. The predicted octanol–water partition coefficient (Wildman–Crippen LogP) is 4.78. The van der Waals surface area contributed by atoms with Crippen molar-refractivity contribution in [2.45, 2.75) is 26.2 Å². The number of aromatic nitrogens is 1. The summed E-state index contributed by atoms with van der Waals surface area (Å²) in [4.78, 5) is 4.75. The van der Waals surface area contributed by atoms with Gasteiger partial charge < -0.3 is 5.73 Å². The van der Waals surface area contributed by atoms with Crippen molar-refractivity contribution < 1.29 is 0 Å². The van der Waals surface area contributed by atoms with Crippen LogP contribution in [0.2, 0.25) is 0 Å². The average molecular weight is 276 g/mol. The smallest absolute Gasteiger partial charge is 0.0730 e. The quantitative estimate of drug-likeness (QED) is 0.694. The van der Waals surface area contributed by atoms with E-state index in [1.54, 1.807) is 0 Å². The zero-order valence-electron chi connectivity index (χ0n) is 12.7. The molecule has 106 valence electrons. The van der Waals surface area contributed by atoms with E-state index in [-0.39, 0.29) is 5.41 Å². The number of rotatable bonds is 1. The van der Waals surface area contributed by atoms with Crippen LogP contribution in [0.15, 0.2) is 54.6 Å². The van der Waals surface area contributed by atoms with Crippen LogP contribution in [0.4, 0.5) is 5.69 Å². The second kappa shape index (κ2) is 4.88. The number of nitrogens with two attached hydrogens (primary N) is 1. The summed E-state index contributed by atoms with van der Waals surface area (Å²) in [5.74, 6) is 0. The molecule has 0 saturated heterocycles. The summed E-state index contributed by atoms with van der Waals surface area (Å²) >= 11 is 0. The lowest BCUT2D eigenvalue weighted by Crippen LogP contribution is -2.10. The van der Waals surface area contributed by atoms with Crippen molar-refractivity contribution in [1.82, 2.24) is 4.98 Å². The maximum absolute atomic E-state index is 6.27. The first kappa shape index (κ1) is 13.6. The van der Waals surface area contributed by atoms with E-state index in [1.165, 1.54) is 5.56 Å². The van der Waals surface area contributed by atoms with E-state index in [2.05, 4.69) is 51.1 Å². The molecule has 1 heterocycles. The van der Waals surface area contributed by atoms with E-state index >= 15 is 0 Å². The third kappa shape index (κ3) is 2.62. The highest BCUT2D eigenvalue weighted by Crippen LogP contribution is 2.30. The van der Waals surface area contributed by atoms with Crippen molar-refractivity contribution in [2.24, 2.45) is 0 Å². The molecule has 3 aromatic rings. The molecule has 2 nitrogen and oxygen atoms in total. The Balaban J connectivity index is 2.18. The van der Waals surface area contributed by atoms with Crippen molar-refractivity contribution in [1.29, 1.82) is 0 Å². The molecule has 1 aromatic heterocycles. The lowest BCUT2D eigenvalue weighted by Gasteiger charge is -2.19. The molecule has 0 aliphatic heterocycles. The minimum Gasteiger partial charge on any atom is -0.398 e. The maximum atomic E-state index is 6.27. The fourth-order valence-electron chi connectivity index (χ4n) is 2.48. The molecule has 0 radical (unpaired) electrons. The van der Waals surface area contributed by atoms with Crippen molar-refractivity contribution in [2.75, 3.05) is 5.73 Å².